The molecular weight excluding hydrogens is 210 g/mol. The Morgan fingerprint density at radius 1 is 0.941 bits per heavy atom. The van der Waals surface area contributed by atoms with Gasteiger partial charge in [-0.15, -0.1) is 0 Å². The minimum Gasteiger partial charge on any atom is -0.384 e. The summed E-state index contributed by atoms with van der Waals surface area (Å²) in [6.07, 6.45) is 1.16. The normalized spacial score (nSPS) is 12.5. The summed E-state index contributed by atoms with van der Waals surface area (Å²) in [4.78, 5) is 4.14. The summed E-state index contributed by atoms with van der Waals surface area (Å²) in [5.74, 6) is 0. The van der Waals surface area contributed by atoms with Gasteiger partial charge in [0.15, 0.2) is 0 Å². The second kappa shape index (κ2) is 4.68. The van der Waals surface area contributed by atoms with Crippen molar-refractivity contribution in [2.45, 2.75) is 26.9 Å². The Morgan fingerprint density at radius 2 is 1.59 bits per heavy atom. The van der Waals surface area contributed by atoms with Crippen molar-refractivity contribution in [3.63, 3.8) is 0 Å². The van der Waals surface area contributed by atoms with E-state index in [1.807, 2.05) is 45.0 Å². The van der Waals surface area contributed by atoms with E-state index in [4.69, 9.17) is 0 Å². The van der Waals surface area contributed by atoms with Crippen molar-refractivity contribution >= 4 is 0 Å². The van der Waals surface area contributed by atoms with Crippen molar-refractivity contribution in [1.82, 2.24) is 4.98 Å². The quantitative estimate of drug-likeness (QED) is 0.855. The number of rotatable bonds is 2. The number of hydrogen-bond acceptors (Lipinski definition) is 2. The third kappa shape index (κ3) is 2.71. The van der Waals surface area contributed by atoms with E-state index in [9.17, 15) is 5.11 Å². The van der Waals surface area contributed by atoms with Crippen LogP contribution in [-0.2, 0) is 0 Å². The molecule has 0 aliphatic carbocycles. The van der Waals surface area contributed by atoms with Crippen LogP contribution in [0.4, 0.5) is 0 Å². The maximum absolute atomic E-state index is 10.3. The second-order valence-electron chi connectivity index (χ2n) is 4.55. The van der Waals surface area contributed by atoms with Crippen LogP contribution in [0.1, 0.15) is 34.1 Å². The van der Waals surface area contributed by atoms with Gasteiger partial charge < -0.3 is 5.11 Å². The number of benzene rings is 1. The molecule has 2 nitrogen and oxygen atoms in total. The molecule has 0 amide bonds. The van der Waals surface area contributed by atoms with E-state index in [0.29, 0.717) is 0 Å². The molecule has 0 saturated heterocycles. The van der Waals surface area contributed by atoms with Crippen LogP contribution in [0.5, 0.6) is 0 Å². The largest absolute Gasteiger partial charge is 0.384 e. The Balaban J connectivity index is 2.39. The van der Waals surface area contributed by atoms with E-state index in [2.05, 4.69) is 11.1 Å². The molecule has 2 rings (SSSR count). The van der Waals surface area contributed by atoms with Crippen LogP contribution in [0.15, 0.2) is 36.5 Å². The van der Waals surface area contributed by atoms with E-state index < -0.39 is 6.10 Å². The Labute approximate surface area is 102 Å². The average molecular weight is 227 g/mol. The Kier molecular flexibility index (Phi) is 3.25. The van der Waals surface area contributed by atoms with Gasteiger partial charge in [0.05, 0.1) is 0 Å². The molecule has 0 spiro atoms. The molecule has 2 heteroatoms. The minimum atomic E-state index is -0.574. The lowest BCUT2D eigenvalue weighted by Crippen LogP contribution is -2.01. The Bertz CT molecular complexity index is 514. The first-order valence-corrected chi connectivity index (χ1v) is 5.75. The molecule has 17 heavy (non-hydrogen) atoms. The molecule has 0 saturated carbocycles. The Hall–Kier alpha value is -1.67. The van der Waals surface area contributed by atoms with Crippen LogP contribution in [0.3, 0.4) is 0 Å². The zero-order chi connectivity index (χ0) is 12.4. The molecule has 0 bridgehead atoms. The smallest absolute Gasteiger partial charge is 0.104 e. The molecule has 1 unspecified atom stereocenters. The topological polar surface area (TPSA) is 33.1 Å². The molecule has 0 aliphatic heterocycles. The van der Waals surface area contributed by atoms with Gasteiger partial charge in [-0.3, -0.25) is 4.98 Å². The highest BCUT2D eigenvalue weighted by Crippen LogP contribution is 2.23. The fourth-order valence-electron chi connectivity index (χ4n) is 2.10. The molecule has 1 aromatic carbocycles. The van der Waals surface area contributed by atoms with Crippen LogP contribution < -0.4 is 0 Å². The van der Waals surface area contributed by atoms with Crippen LogP contribution in [0.25, 0.3) is 0 Å². The van der Waals surface area contributed by atoms with Crippen molar-refractivity contribution in [3.05, 3.63) is 64.5 Å². The monoisotopic (exact) mass is 227 g/mol. The number of aromatic nitrogens is 1. The molecule has 1 aromatic heterocycles. The standard InChI is InChI=1S/C15H17NO/c1-10-6-11(2)8-14(7-10)15(17)13-4-5-16-12(3)9-13/h4-9,15,17H,1-3H3. The highest BCUT2D eigenvalue weighted by Gasteiger charge is 2.11. The summed E-state index contributed by atoms with van der Waals surface area (Å²) >= 11 is 0. The number of nitrogens with zero attached hydrogens (tertiary/aromatic N) is 1. The summed E-state index contributed by atoms with van der Waals surface area (Å²) in [6.45, 7) is 6.01. The highest BCUT2D eigenvalue weighted by molar-refractivity contribution is 5.35. The van der Waals surface area contributed by atoms with Gasteiger partial charge >= 0.3 is 0 Å². The Morgan fingerprint density at radius 3 is 2.18 bits per heavy atom. The number of pyridine rings is 1. The molecular formula is C15H17NO. The molecule has 0 radical (unpaired) electrons. The first-order valence-electron chi connectivity index (χ1n) is 5.75. The summed E-state index contributed by atoms with van der Waals surface area (Å²) in [5.41, 5.74) is 5.09. The zero-order valence-corrected chi connectivity index (χ0v) is 10.4. The summed E-state index contributed by atoms with van der Waals surface area (Å²) in [5, 5.41) is 10.3. The van der Waals surface area contributed by atoms with Crippen molar-refractivity contribution in [2.75, 3.05) is 0 Å². The van der Waals surface area contributed by atoms with Crippen molar-refractivity contribution in [3.8, 4) is 0 Å². The highest BCUT2D eigenvalue weighted by atomic mass is 16.3. The van der Waals surface area contributed by atoms with Crippen molar-refractivity contribution < 1.29 is 5.11 Å². The second-order valence-corrected chi connectivity index (χ2v) is 4.55. The van der Waals surface area contributed by atoms with E-state index in [1.165, 1.54) is 11.1 Å². The fraction of sp³-hybridized carbons (Fsp3) is 0.267. The van der Waals surface area contributed by atoms with E-state index >= 15 is 0 Å². The van der Waals surface area contributed by atoms with Gasteiger partial charge in [0, 0.05) is 11.9 Å². The molecule has 0 aliphatic rings. The average Bonchev–Trinajstić information content (AvgIpc) is 2.26. The van der Waals surface area contributed by atoms with Crippen LogP contribution in [0.2, 0.25) is 0 Å². The van der Waals surface area contributed by atoms with Crippen LogP contribution in [-0.4, -0.2) is 10.1 Å². The summed E-state index contributed by atoms with van der Waals surface area (Å²) in [6, 6.07) is 9.92. The fourth-order valence-corrected chi connectivity index (χ4v) is 2.10. The molecule has 1 heterocycles. The van der Waals surface area contributed by atoms with E-state index in [1.54, 1.807) is 6.20 Å². The summed E-state index contributed by atoms with van der Waals surface area (Å²) in [7, 11) is 0. The van der Waals surface area contributed by atoms with Crippen molar-refractivity contribution in [2.24, 2.45) is 0 Å². The SMILES string of the molecule is Cc1cc(C)cc(C(O)c2ccnc(C)c2)c1. The van der Waals surface area contributed by atoms with Gasteiger partial charge in [0.25, 0.3) is 0 Å². The zero-order valence-electron chi connectivity index (χ0n) is 10.4. The molecule has 88 valence electrons. The first-order chi connectivity index (χ1) is 8.06. The first kappa shape index (κ1) is 11.8. The molecule has 0 fully saturated rings. The van der Waals surface area contributed by atoms with Crippen LogP contribution in [0, 0.1) is 20.8 Å². The lowest BCUT2D eigenvalue weighted by Gasteiger charge is -2.13. The van der Waals surface area contributed by atoms with Crippen LogP contribution >= 0.6 is 0 Å². The predicted molar refractivity (Wildman–Crippen MR) is 69.0 cm³/mol. The summed E-state index contributed by atoms with van der Waals surface area (Å²) < 4.78 is 0. The maximum Gasteiger partial charge on any atom is 0.104 e. The van der Waals surface area contributed by atoms with Gasteiger partial charge in [0.1, 0.15) is 6.10 Å². The number of hydrogen-bond donors (Lipinski definition) is 1. The van der Waals surface area contributed by atoms with Crippen molar-refractivity contribution in [1.29, 1.82) is 0 Å². The lowest BCUT2D eigenvalue weighted by atomic mass is 9.98. The third-order valence-electron chi connectivity index (χ3n) is 2.80. The van der Waals surface area contributed by atoms with Gasteiger partial charge in [-0.2, -0.15) is 0 Å². The molecule has 1 atom stereocenters. The number of aryl methyl sites for hydroxylation is 3. The van der Waals surface area contributed by atoms with Gasteiger partial charge in [-0.25, -0.2) is 0 Å². The predicted octanol–water partition coefficient (Wildman–Crippen LogP) is 3.09. The number of aliphatic hydroxyl groups is 1. The maximum atomic E-state index is 10.3. The van der Waals surface area contributed by atoms with Gasteiger partial charge in [-0.1, -0.05) is 29.3 Å². The van der Waals surface area contributed by atoms with Gasteiger partial charge in [-0.05, 0) is 44.0 Å². The third-order valence-corrected chi connectivity index (χ3v) is 2.80. The van der Waals surface area contributed by atoms with E-state index in [0.717, 1.165) is 16.8 Å². The minimum absolute atomic E-state index is 0.574. The van der Waals surface area contributed by atoms with E-state index in [-0.39, 0.29) is 0 Å². The van der Waals surface area contributed by atoms with Gasteiger partial charge in [0.2, 0.25) is 0 Å². The molecule has 2 aromatic rings. The molecule has 1 N–H and O–H groups in total. The number of aliphatic hydroxyl groups excluding tert-OH is 1. The lowest BCUT2D eigenvalue weighted by molar-refractivity contribution is 0.220.